The van der Waals surface area contributed by atoms with Crippen molar-refractivity contribution in [2.45, 2.75) is 46.6 Å². The fourth-order valence-corrected chi connectivity index (χ4v) is 5.13. The Labute approximate surface area is 201 Å². The van der Waals surface area contributed by atoms with Crippen molar-refractivity contribution in [1.29, 1.82) is 0 Å². The number of nitrogens with zero attached hydrogens (tertiary/aromatic N) is 3. The standard InChI is InChI=1S/C29H31N3O2/c1-19-9-10-26(22(4)14-19)32-18-23(17-28(32)33)29-30-25-7-5-6-8-27(25)31(29)11-12-34-24-15-20(2)13-21(3)16-24/h5-10,13-16,23H,11-12,17-18H2,1-4H3. The van der Waals surface area contributed by atoms with Gasteiger partial charge in [-0.2, -0.15) is 0 Å². The van der Waals surface area contributed by atoms with Crippen molar-refractivity contribution in [3.05, 3.63) is 88.7 Å². The molecule has 0 N–H and O–H groups in total. The van der Waals surface area contributed by atoms with E-state index in [-0.39, 0.29) is 11.8 Å². The van der Waals surface area contributed by atoms with E-state index in [0.717, 1.165) is 33.9 Å². The Morgan fingerprint density at radius 2 is 1.71 bits per heavy atom. The van der Waals surface area contributed by atoms with Gasteiger partial charge < -0.3 is 14.2 Å². The third kappa shape index (κ3) is 4.30. The molecule has 4 aromatic rings. The molecule has 1 atom stereocenters. The van der Waals surface area contributed by atoms with Crippen molar-refractivity contribution in [3.8, 4) is 5.75 Å². The second kappa shape index (κ2) is 8.98. The maximum Gasteiger partial charge on any atom is 0.227 e. The molecule has 1 saturated heterocycles. The van der Waals surface area contributed by atoms with Gasteiger partial charge in [-0.1, -0.05) is 35.9 Å². The highest BCUT2D eigenvalue weighted by Crippen LogP contribution is 2.34. The average molecular weight is 454 g/mol. The van der Waals surface area contributed by atoms with Crippen LogP contribution in [0.25, 0.3) is 11.0 Å². The molecular formula is C29H31N3O2. The van der Waals surface area contributed by atoms with E-state index in [1.54, 1.807) is 0 Å². The molecule has 5 rings (SSSR count). The lowest BCUT2D eigenvalue weighted by molar-refractivity contribution is -0.117. The molecule has 5 heteroatoms. The Kier molecular flexibility index (Phi) is 5.86. The third-order valence-corrected chi connectivity index (χ3v) is 6.60. The van der Waals surface area contributed by atoms with Crippen LogP contribution in [-0.2, 0) is 11.3 Å². The number of imidazole rings is 1. The molecule has 0 aliphatic carbocycles. The normalized spacial score (nSPS) is 15.9. The number of aromatic nitrogens is 2. The topological polar surface area (TPSA) is 47.4 Å². The van der Waals surface area contributed by atoms with E-state index < -0.39 is 0 Å². The van der Waals surface area contributed by atoms with Crippen molar-refractivity contribution in [2.75, 3.05) is 18.1 Å². The molecule has 3 aromatic carbocycles. The van der Waals surface area contributed by atoms with Crippen molar-refractivity contribution >= 4 is 22.6 Å². The second-order valence-corrected chi connectivity index (χ2v) is 9.48. The zero-order chi connectivity index (χ0) is 23.8. The molecule has 0 bridgehead atoms. The summed E-state index contributed by atoms with van der Waals surface area (Å²) >= 11 is 0. The number of rotatable bonds is 6. The molecule has 0 saturated carbocycles. The first-order valence-corrected chi connectivity index (χ1v) is 11.9. The Balaban J connectivity index is 1.41. The van der Waals surface area contributed by atoms with Crippen LogP contribution in [0.4, 0.5) is 5.69 Å². The van der Waals surface area contributed by atoms with Crippen molar-refractivity contribution in [3.63, 3.8) is 0 Å². The second-order valence-electron chi connectivity index (χ2n) is 9.48. The summed E-state index contributed by atoms with van der Waals surface area (Å²) in [6, 6.07) is 20.7. The fraction of sp³-hybridized carbons (Fsp3) is 0.310. The number of ether oxygens (including phenoxy) is 1. The maximum atomic E-state index is 13.0. The summed E-state index contributed by atoms with van der Waals surface area (Å²) in [5, 5.41) is 0. The summed E-state index contributed by atoms with van der Waals surface area (Å²) in [4.78, 5) is 20.0. The van der Waals surface area contributed by atoms with Crippen LogP contribution >= 0.6 is 0 Å². The van der Waals surface area contributed by atoms with Gasteiger partial charge in [0.25, 0.3) is 0 Å². The molecule has 1 aliphatic heterocycles. The predicted molar refractivity (Wildman–Crippen MR) is 137 cm³/mol. The first-order valence-electron chi connectivity index (χ1n) is 11.9. The van der Waals surface area contributed by atoms with E-state index in [9.17, 15) is 4.79 Å². The first kappa shape index (κ1) is 22.2. The summed E-state index contributed by atoms with van der Waals surface area (Å²) < 4.78 is 8.36. The van der Waals surface area contributed by atoms with Gasteiger partial charge in [0.2, 0.25) is 5.91 Å². The zero-order valence-corrected chi connectivity index (χ0v) is 20.3. The lowest BCUT2D eigenvalue weighted by atomic mass is 10.1. The van der Waals surface area contributed by atoms with Gasteiger partial charge in [0.1, 0.15) is 18.2 Å². The van der Waals surface area contributed by atoms with Gasteiger partial charge >= 0.3 is 0 Å². The maximum absolute atomic E-state index is 13.0. The monoisotopic (exact) mass is 453 g/mol. The molecule has 174 valence electrons. The Hall–Kier alpha value is -3.60. The average Bonchev–Trinajstić information content (AvgIpc) is 3.34. The van der Waals surface area contributed by atoms with Gasteiger partial charge in [0, 0.05) is 24.6 Å². The molecule has 5 nitrogen and oxygen atoms in total. The highest BCUT2D eigenvalue weighted by Gasteiger charge is 2.35. The van der Waals surface area contributed by atoms with Gasteiger partial charge in [0.05, 0.1) is 17.6 Å². The zero-order valence-electron chi connectivity index (χ0n) is 20.3. The van der Waals surface area contributed by atoms with E-state index in [0.29, 0.717) is 26.1 Å². The van der Waals surface area contributed by atoms with Crippen LogP contribution in [0.2, 0.25) is 0 Å². The van der Waals surface area contributed by atoms with Crippen molar-refractivity contribution in [2.24, 2.45) is 0 Å². The van der Waals surface area contributed by atoms with Crippen LogP contribution < -0.4 is 9.64 Å². The first-order chi connectivity index (χ1) is 16.4. The number of amides is 1. The van der Waals surface area contributed by atoms with Crippen LogP contribution in [0.15, 0.2) is 60.7 Å². The SMILES string of the molecule is Cc1cc(C)cc(OCCn2c(C3CC(=O)N(c4ccc(C)cc4C)C3)nc3ccccc32)c1. The molecule has 34 heavy (non-hydrogen) atoms. The van der Waals surface area contributed by atoms with Crippen LogP contribution in [-0.4, -0.2) is 28.6 Å². The van der Waals surface area contributed by atoms with E-state index in [1.165, 1.54) is 16.7 Å². The van der Waals surface area contributed by atoms with Crippen LogP contribution in [0, 0.1) is 27.7 Å². The minimum atomic E-state index is 0.0433. The molecule has 2 heterocycles. The molecule has 1 amide bonds. The molecule has 1 aromatic heterocycles. The third-order valence-electron chi connectivity index (χ3n) is 6.60. The van der Waals surface area contributed by atoms with E-state index in [4.69, 9.17) is 9.72 Å². The lowest BCUT2D eigenvalue weighted by Crippen LogP contribution is -2.25. The predicted octanol–water partition coefficient (Wildman–Crippen LogP) is 5.87. The van der Waals surface area contributed by atoms with Gasteiger partial charge in [0.15, 0.2) is 0 Å². The van der Waals surface area contributed by atoms with Gasteiger partial charge in [-0.05, 0) is 74.7 Å². The van der Waals surface area contributed by atoms with E-state index in [1.807, 2.05) is 23.1 Å². The summed E-state index contributed by atoms with van der Waals surface area (Å²) in [5.74, 6) is 2.05. The van der Waals surface area contributed by atoms with Crippen LogP contribution in [0.1, 0.15) is 40.4 Å². The fourth-order valence-electron chi connectivity index (χ4n) is 5.13. The minimum Gasteiger partial charge on any atom is -0.492 e. The van der Waals surface area contributed by atoms with E-state index in [2.05, 4.69) is 74.7 Å². The minimum absolute atomic E-state index is 0.0433. The van der Waals surface area contributed by atoms with E-state index >= 15 is 0 Å². The summed E-state index contributed by atoms with van der Waals surface area (Å²) in [7, 11) is 0. The lowest BCUT2D eigenvalue weighted by Gasteiger charge is -2.20. The van der Waals surface area contributed by atoms with Crippen molar-refractivity contribution in [1.82, 2.24) is 9.55 Å². The van der Waals surface area contributed by atoms with Gasteiger partial charge in [-0.25, -0.2) is 4.98 Å². The molecule has 1 aliphatic rings. The van der Waals surface area contributed by atoms with Crippen LogP contribution in [0.3, 0.4) is 0 Å². The smallest absolute Gasteiger partial charge is 0.227 e. The highest BCUT2D eigenvalue weighted by atomic mass is 16.5. The molecular weight excluding hydrogens is 422 g/mol. The Morgan fingerprint density at radius 3 is 2.47 bits per heavy atom. The number of hydrogen-bond donors (Lipinski definition) is 0. The van der Waals surface area contributed by atoms with Crippen LogP contribution in [0.5, 0.6) is 5.75 Å². The number of aryl methyl sites for hydroxylation is 4. The Bertz CT molecular complexity index is 1350. The molecule has 1 unspecified atom stereocenters. The molecule has 0 spiro atoms. The number of carbonyl (C=O) groups is 1. The number of anilines is 1. The number of carbonyl (C=O) groups excluding carboxylic acids is 1. The Morgan fingerprint density at radius 1 is 0.941 bits per heavy atom. The number of benzene rings is 3. The molecule has 0 radical (unpaired) electrons. The summed E-state index contributed by atoms with van der Waals surface area (Å²) in [6.45, 7) is 10.2. The van der Waals surface area contributed by atoms with Crippen molar-refractivity contribution < 1.29 is 9.53 Å². The largest absolute Gasteiger partial charge is 0.492 e. The van der Waals surface area contributed by atoms with Gasteiger partial charge in [-0.15, -0.1) is 0 Å². The highest BCUT2D eigenvalue weighted by molar-refractivity contribution is 5.97. The number of fused-ring (bicyclic) bond motifs is 1. The quantitative estimate of drug-likeness (QED) is 0.367. The molecule has 1 fully saturated rings. The summed E-state index contributed by atoms with van der Waals surface area (Å²) in [5.41, 5.74) is 7.76. The number of hydrogen-bond acceptors (Lipinski definition) is 3. The summed E-state index contributed by atoms with van der Waals surface area (Å²) in [6.07, 6.45) is 0.467. The van der Waals surface area contributed by atoms with Gasteiger partial charge in [-0.3, -0.25) is 4.79 Å². The number of para-hydroxylation sites is 2.